The standard InChI is InChI=1S/C12H18N2O2/c1-15-6-7-16-12-8-10(4-5-13-12)9-14-11-2-3-11/h4-5,8,11,14H,2-3,6-7,9H2,1H3. The third-order valence-electron chi connectivity index (χ3n) is 2.51. The summed E-state index contributed by atoms with van der Waals surface area (Å²) in [6.45, 7) is 2.03. The highest BCUT2D eigenvalue weighted by atomic mass is 16.5. The Morgan fingerprint density at radius 3 is 3.06 bits per heavy atom. The van der Waals surface area contributed by atoms with Gasteiger partial charge in [-0.05, 0) is 24.5 Å². The maximum atomic E-state index is 5.45. The minimum atomic E-state index is 0.545. The van der Waals surface area contributed by atoms with Crippen LogP contribution in [0.2, 0.25) is 0 Å². The van der Waals surface area contributed by atoms with Gasteiger partial charge in [0.15, 0.2) is 0 Å². The lowest BCUT2D eigenvalue weighted by molar-refractivity contribution is 0.143. The Balaban J connectivity index is 1.80. The van der Waals surface area contributed by atoms with E-state index in [0.29, 0.717) is 19.1 Å². The summed E-state index contributed by atoms with van der Waals surface area (Å²) in [6.07, 6.45) is 4.40. The van der Waals surface area contributed by atoms with Crippen LogP contribution in [0.5, 0.6) is 5.88 Å². The summed E-state index contributed by atoms with van der Waals surface area (Å²) >= 11 is 0. The molecule has 2 rings (SSSR count). The van der Waals surface area contributed by atoms with Gasteiger partial charge in [0.2, 0.25) is 5.88 Å². The molecule has 0 atom stereocenters. The van der Waals surface area contributed by atoms with E-state index >= 15 is 0 Å². The lowest BCUT2D eigenvalue weighted by atomic mass is 10.2. The molecule has 0 amide bonds. The molecule has 1 saturated carbocycles. The van der Waals surface area contributed by atoms with Crippen molar-refractivity contribution in [2.75, 3.05) is 20.3 Å². The van der Waals surface area contributed by atoms with Crippen LogP contribution in [-0.4, -0.2) is 31.3 Å². The molecule has 1 fully saturated rings. The van der Waals surface area contributed by atoms with Crippen molar-refractivity contribution in [3.63, 3.8) is 0 Å². The van der Waals surface area contributed by atoms with Gasteiger partial charge in [-0.1, -0.05) is 0 Å². The lowest BCUT2D eigenvalue weighted by Crippen LogP contribution is -2.15. The number of nitrogens with one attached hydrogen (secondary N) is 1. The Bertz CT molecular complexity index is 327. The first-order valence-electron chi connectivity index (χ1n) is 5.68. The number of ether oxygens (including phenoxy) is 2. The summed E-state index contributed by atoms with van der Waals surface area (Å²) in [5.74, 6) is 0.673. The third-order valence-corrected chi connectivity index (χ3v) is 2.51. The second-order valence-corrected chi connectivity index (χ2v) is 4.00. The van der Waals surface area contributed by atoms with Crippen LogP contribution in [0.15, 0.2) is 18.3 Å². The second-order valence-electron chi connectivity index (χ2n) is 4.00. The van der Waals surface area contributed by atoms with Gasteiger partial charge < -0.3 is 14.8 Å². The molecule has 0 radical (unpaired) electrons. The zero-order valence-corrected chi connectivity index (χ0v) is 9.61. The third kappa shape index (κ3) is 3.79. The molecular formula is C12H18N2O2. The lowest BCUT2D eigenvalue weighted by Gasteiger charge is -2.07. The van der Waals surface area contributed by atoms with Crippen LogP contribution >= 0.6 is 0 Å². The Hall–Kier alpha value is -1.13. The average molecular weight is 222 g/mol. The highest BCUT2D eigenvalue weighted by molar-refractivity contribution is 5.20. The number of hydrogen-bond donors (Lipinski definition) is 1. The fourth-order valence-corrected chi connectivity index (χ4v) is 1.42. The molecule has 1 aliphatic rings. The predicted octanol–water partition coefficient (Wildman–Crippen LogP) is 1.36. The molecule has 1 aliphatic carbocycles. The molecule has 16 heavy (non-hydrogen) atoms. The summed E-state index contributed by atoms with van der Waals surface area (Å²) < 4.78 is 10.4. The Labute approximate surface area is 96.0 Å². The van der Waals surface area contributed by atoms with Crippen LogP contribution in [0.25, 0.3) is 0 Å². The first kappa shape index (κ1) is 11.4. The van der Waals surface area contributed by atoms with Crippen LogP contribution in [0.4, 0.5) is 0 Å². The normalized spacial score (nSPS) is 15.1. The van der Waals surface area contributed by atoms with Crippen LogP contribution in [0.3, 0.4) is 0 Å². The van der Waals surface area contributed by atoms with Gasteiger partial charge in [0.05, 0.1) is 6.61 Å². The summed E-state index contributed by atoms with van der Waals surface area (Å²) in [4.78, 5) is 4.15. The second kappa shape index (κ2) is 5.82. The zero-order valence-electron chi connectivity index (χ0n) is 9.61. The van der Waals surface area contributed by atoms with E-state index < -0.39 is 0 Å². The van der Waals surface area contributed by atoms with Gasteiger partial charge in [0, 0.05) is 32.0 Å². The van der Waals surface area contributed by atoms with Gasteiger partial charge in [0.25, 0.3) is 0 Å². The molecule has 4 heteroatoms. The van der Waals surface area contributed by atoms with Crippen LogP contribution in [0.1, 0.15) is 18.4 Å². The van der Waals surface area contributed by atoms with Gasteiger partial charge in [-0.2, -0.15) is 0 Å². The van der Waals surface area contributed by atoms with Crippen molar-refractivity contribution < 1.29 is 9.47 Å². The predicted molar refractivity (Wildman–Crippen MR) is 61.5 cm³/mol. The van der Waals surface area contributed by atoms with Crippen LogP contribution < -0.4 is 10.1 Å². The molecule has 0 aromatic carbocycles. The maximum Gasteiger partial charge on any atom is 0.213 e. The van der Waals surface area contributed by atoms with Gasteiger partial charge in [-0.3, -0.25) is 0 Å². The van der Waals surface area contributed by atoms with Gasteiger partial charge >= 0.3 is 0 Å². The van der Waals surface area contributed by atoms with E-state index in [9.17, 15) is 0 Å². The Kier molecular flexibility index (Phi) is 4.13. The van der Waals surface area contributed by atoms with E-state index in [1.54, 1.807) is 13.3 Å². The molecule has 1 N–H and O–H groups in total. The smallest absolute Gasteiger partial charge is 0.213 e. The van der Waals surface area contributed by atoms with E-state index in [1.807, 2.05) is 12.1 Å². The molecule has 1 heterocycles. The average Bonchev–Trinajstić information content (AvgIpc) is 3.11. The van der Waals surface area contributed by atoms with Crippen molar-refractivity contribution in [2.45, 2.75) is 25.4 Å². The van der Waals surface area contributed by atoms with Crippen molar-refractivity contribution in [3.8, 4) is 5.88 Å². The number of hydrogen-bond acceptors (Lipinski definition) is 4. The topological polar surface area (TPSA) is 43.4 Å². The summed E-state index contributed by atoms with van der Waals surface area (Å²) in [5.41, 5.74) is 1.22. The van der Waals surface area contributed by atoms with Crippen molar-refractivity contribution in [1.82, 2.24) is 10.3 Å². The molecule has 0 bridgehead atoms. The summed E-state index contributed by atoms with van der Waals surface area (Å²) in [6, 6.07) is 4.72. The number of methoxy groups -OCH3 is 1. The molecule has 0 spiro atoms. The quantitative estimate of drug-likeness (QED) is 0.707. The monoisotopic (exact) mass is 222 g/mol. The maximum absolute atomic E-state index is 5.45. The molecular weight excluding hydrogens is 204 g/mol. The first-order chi connectivity index (χ1) is 7.88. The molecule has 4 nitrogen and oxygen atoms in total. The fourth-order valence-electron chi connectivity index (χ4n) is 1.42. The summed E-state index contributed by atoms with van der Waals surface area (Å²) in [5, 5.41) is 3.46. The molecule has 1 aromatic heterocycles. The van der Waals surface area contributed by atoms with E-state index in [2.05, 4.69) is 10.3 Å². The number of nitrogens with zero attached hydrogens (tertiary/aromatic N) is 1. The number of aromatic nitrogens is 1. The van der Waals surface area contributed by atoms with Crippen molar-refractivity contribution in [2.24, 2.45) is 0 Å². The van der Waals surface area contributed by atoms with E-state index in [-0.39, 0.29) is 0 Å². The number of rotatable bonds is 7. The molecule has 0 unspecified atom stereocenters. The van der Waals surface area contributed by atoms with E-state index in [0.717, 1.165) is 12.6 Å². The SMILES string of the molecule is COCCOc1cc(CNC2CC2)ccn1. The minimum absolute atomic E-state index is 0.545. The molecule has 88 valence electrons. The van der Waals surface area contributed by atoms with Crippen molar-refractivity contribution >= 4 is 0 Å². The van der Waals surface area contributed by atoms with Gasteiger partial charge in [-0.15, -0.1) is 0 Å². The Morgan fingerprint density at radius 2 is 2.31 bits per heavy atom. The van der Waals surface area contributed by atoms with E-state index in [4.69, 9.17) is 9.47 Å². The van der Waals surface area contributed by atoms with Crippen molar-refractivity contribution in [3.05, 3.63) is 23.9 Å². The van der Waals surface area contributed by atoms with Gasteiger partial charge in [-0.25, -0.2) is 4.98 Å². The molecule has 1 aromatic rings. The highest BCUT2D eigenvalue weighted by Gasteiger charge is 2.19. The van der Waals surface area contributed by atoms with Crippen molar-refractivity contribution in [1.29, 1.82) is 0 Å². The van der Waals surface area contributed by atoms with Crippen LogP contribution in [0, 0.1) is 0 Å². The zero-order chi connectivity index (χ0) is 11.2. The summed E-state index contributed by atoms with van der Waals surface area (Å²) in [7, 11) is 1.66. The molecule has 0 saturated heterocycles. The van der Waals surface area contributed by atoms with Gasteiger partial charge in [0.1, 0.15) is 6.61 Å². The molecule has 0 aliphatic heterocycles. The first-order valence-corrected chi connectivity index (χ1v) is 5.68. The largest absolute Gasteiger partial charge is 0.475 e. The fraction of sp³-hybridized carbons (Fsp3) is 0.583. The Morgan fingerprint density at radius 1 is 1.44 bits per heavy atom. The van der Waals surface area contributed by atoms with Crippen LogP contribution in [-0.2, 0) is 11.3 Å². The van der Waals surface area contributed by atoms with E-state index in [1.165, 1.54) is 18.4 Å². The highest BCUT2D eigenvalue weighted by Crippen LogP contribution is 2.19. The number of pyridine rings is 1. The minimum Gasteiger partial charge on any atom is -0.475 e.